The second-order valence-corrected chi connectivity index (χ2v) is 6.88. The van der Waals surface area contributed by atoms with Crippen LogP contribution >= 0.6 is 0 Å². The van der Waals surface area contributed by atoms with Gasteiger partial charge in [0.15, 0.2) is 0 Å². The number of piperazine rings is 1. The van der Waals surface area contributed by atoms with E-state index in [1.54, 1.807) is 0 Å². The number of imidazole rings is 1. The van der Waals surface area contributed by atoms with Crippen molar-refractivity contribution in [2.45, 2.75) is 44.2 Å². The lowest BCUT2D eigenvalue weighted by atomic mass is 9.94. The quantitative estimate of drug-likeness (QED) is 0.905. The van der Waals surface area contributed by atoms with Crippen LogP contribution in [0.25, 0.3) is 0 Å². The van der Waals surface area contributed by atoms with Crippen molar-refractivity contribution >= 4 is 5.91 Å². The SMILES string of the molecule is CN(C(=O)CN1CCNCC1c1nccn1C)C1CCCCC1. The summed E-state index contributed by atoms with van der Waals surface area (Å²) in [5.74, 6) is 1.28. The van der Waals surface area contributed by atoms with Gasteiger partial charge in [0.25, 0.3) is 0 Å². The number of hydrogen-bond donors (Lipinski definition) is 1. The zero-order chi connectivity index (χ0) is 16.2. The van der Waals surface area contributed by atoms with Gasteiger partial charge in [0, 0.05) is 52.2 Å². The average Bonchev–Trinajstić information content (AvgIpc) is 3.01. The summed E-state index contributed by atoms with van der Waals surface area (Å²) < 4.78 is 2.06. The molecular formula is C17H29N5O. The zero-order valence-corrected chi connectivity index (χ0v) is 14.4. The van der Waals surface area contributed by atoms with E-state index >= 15 is 0 Å². The molecule has 0 spiro atoms. The number of rotatable bonds is 4. The third-order valence-corrected chi connectivity index (χ3v) is 5.36. The number of nitrogens with zero attached hydrogens (tertiary/aromatic N) is 4. The normalized spacial score (nSPS) is 23.8. The second-order valence-electron chi connectivity index (χ2n) is 6.88. The van der Waals surface area contributed by atoms with Crippen molar-refractivity contribution in [1.29, 1.82) is 0 Å². The maximum absolute atomic E-state index is 12.7. The molecule has 0 aromatic carbocycles. The Labute approximate surface area is 138 Å². The van der Waals surface area contributed by atoms with Crippen LogP contribution < -0.4 is 5.32 Å². The molecule has 128 valence electrons. The van der Waals surface area contributed by atoms with Crippen molar-refractivity contribution < 1.29 is 4.79 Å². The van der Waals surface area contributed by atoms with Crippen LogP contribution in [0, 0.1) is 0 Å². The molecule has 1 aromatic heterocycles. The predicted molar refractivity (Wildman–Crippen MR) is 90.0 cm³/mol. The fraction of sp³-hybridized carbons (Fsp3) is 0.765. The van der Waals surface area contributed by atoms with E-state index in [1.165, 1.54) is 19.3 Å². The molecule has 1 aliphatic heterocycles. The first-order chi connectivity index (χ1) is 11.2. The van der Waals surface area contributed by atoms with Crippen molar-refractivity contribution in [1.82, 2.24) is 24.7 Å². The molecule has 6 heteroatoms. The molecule has 6 nitrogen and oxygen atoms in total. The van der Waals surface area contributed by atoms with Gasteiger partial charge in [-0.05, 0) is 12.8 Å². The van der Waals surface area contributed by atoms with Crippen LogP contribution in [0.3, 0.4) is 0 Å². The molecule has 1 amide bonds. The van der Waals surface area contributed by atoms with E-state index in [9.17, 15) is 4.79 Å². The highest BCUT2D eigenvalue weighted by molar-refractivity contribution is 5.78. The zero-order valence-electron chi connectivity index (χ0n) is 14.4. The molecule has 0 bridgehead atoms. The summed E-state index contributed by atoms with van der Waals surface area (Å²) in [4.78, 5) is 21.5. The van der Waals surface area contributed by atoms with Crippen molar-refractivity contribution in [3.63, 3.8) is 0 Å². The Balaban J connectivity index is 1.64. The highest BCUT2D eigenvalue weighted by atomic mass is 16.2. The fourth-order valence-corrected chi connectivity index (χ4v) is 3.85. The molecule has 1 saturated heterocycles. The van der Waals surface area contributed by atoms with Crippen LogP contribution in [0.15, 0.2) is 12.4 Å². The molecule has 3 rings (SSSR count). The monoisotopic (exact) mass is 319 g/mol. The molecule has 0 radical (unpaired) electrons. The smallest absolute Gasteiger partial charge is 0.236 e. The van der Waals surface area contributed by atoms with E-state index in [-0.39, 0.29) is 11.9 Å². The van der Waals surface area contributed by atoms with Crippen LogP contribution in [-0.2, 0) is 11.8 Å². The van der Waals surface area contributed by atoms with Crippen LogP contribution in [0.1, 0.15) is 44.0 Å². The van der Waals surface area contributed by atoms with E-state index in [1.807, 2.05) is 31.4 Å². The van der Waals surface area contributed by atoms with E-state index in [4.69, 9.17) is 0 Å². The molecule has 1 N–H and O–H groups in total. The van der Waals surface area contributed by atoms with E-state index < -0.39 is 0 Å². The first kappa shape index (κ1) is 16.5. The number of carbonyl (C=O) groups is 1. The lowest BCUT2D eigenvalue weighted by Gasteiger charge is -2.37. The Bertz CT molecular complexity index is 523. The first-order valence-corrected chi connectivity index (χ1v) is 8.84. The summed E-state index contributed by atoms with van der Waals surface area (Å²) in [7, 11) is 4.00. The summed E-state index contributed by atoms with van der Waals surface area (Å²) >= 11 is 0. The van der Waals surface area contributed by atoms with Crippen LogP contribution in [-0.4, -0.2) is 64.5 Å². The maximum Gasteiger partial charge on any atom is 0.236 e. The van der Waals surface area contributed by atoms with Crippen LogP contribution in [0.2, 0.25) is 0 Å². The Morgan fingerprint density at radius 1 is 1.39 bits per heavy atom. The number of carbonyl (C=O) groups excluding carboxylic acids is 1. The number of nitrogens with one attached hydrogen (secondary N) is 1. The molecule has 1 unspecified atom stereocenters. The molecule has 2 fully saturated rings. The average molecular weight is 319 g/mol. The van der Waals surface area contributed by atoms with Gasteiger partial charge in [0.05, 0.1) is 12.6 Å². The summed E-state index contributed by atoms with van der Waals surface area (Å²) in [5.41, 5.74) is 0. The lowest BCUT2D eigenvalue weighted by molar-refractivity contribution is -0.134. The van der Waals surface area contributed by atoms with E-state index in [2.05, 4.69) is 19.8 Å². The maximum atomic E-state index is 12.7. The van der Waals surface area contributed by atoms with Gasteiger partial charge < -0.3 is 14.8 Å². The van der Waals surface area contributed by atoms with Crippen molar-refractivity contribution in [2.24, 2.45) is 7.05 Å². The standard InChI is InChI=1S/C17H29N5O/c1-20-10-9-19-17(20)15-12-18-8-11-22(15)13-16(23)21(2)14-6-4-3-5-7-14/h9-10,14-15,18H,3-8,11-13H2,1-2H3. The fourth-order valence-electron chi connectivity index (χ4n) is 3.85. The highest BCUT2D eigenvalue weighted by Gasteiger charge is 2.30. The van der Waals surface area contributed by atoms with Crippen LogP contribution in [0.4, 0.5) is 0 Å². The van der Waals surface area contributed by atoms with Gasteiger partial charge in [-0.1, -0.05) is 19.3 Å². The Kier molecular flexibility index (Phi) is 5.33. The Morgan fingerprint density at radius 2 is 2.17 bits per heavy atom. The van der Waals surface area contributed by atoms with E-state index in [0.29, 0.717) is 12.6 Å². The van der Waals surface area contributed by atoms with Gasteiger partial charge in [-0.25, -0.2) is 4.98 Å². The summed E-state index contributed by atoms with van der Waals surface area (Å²) in [6.07, 6.45) is 9.95. The van der Waals surface area contributed by atoms with E-state index in [0.717, 1.165) is 38.3 Å². The molecule has 1 aromatic rings. The van der Waals surface area contributed by atoms with Crippen molar-refractivity contribution in [3.8, 4) is 0 Å². The lowest BCUT2D eigenvalue weighted by Crippen LogP contribution is -2.51. The minimum atomic E-state index is 0.174. The topological polar surface area (TPSA) is 53.4 Å². The number of aromatic nitrogens is 2. The van der Waals surface area contributed by atoms with Gasteiger partial charge >= 0.3 is 0 Å². The van der Waals surface area contributed by atoms with Crippen LogP contribution in [0.5, 0.6) is 0 Å². The summed E-state index contributed by atoms with van der Waals surface area (Å²) in [5, 5.41) is 3.43. The van der Waals surface area contributed by atoms with Gasteiger partial charge in [0.2, 0.25) is 5.91 Å². The summed E-state index contributed by atoms with van der Waals surface area (Å²) in [6.45, 7) is 3.17. The predicted octanol–water partition coefficient (Wildman–Crippen LogP) is 1.16. The van der Waals surface area contributed by atoms with Crippen molar-refractivity contribution in [3.05, 3.63) is 18.2 Å². The Hall–Kier alpha value is -1.40. The summed E-state index contributed by atoms with van der Waals surface area (Å²) in [6, 6.07) is 0.609. The third kappa shape index (κ3) is 3.75. The minimum Gasteiger partial charge on any atom is -0.342 e. The van der Waals surface area contributed by atoms with Crippen molar-refractivity contribution in [2.75, 3.05) is 33.2 Å². The number of aryl methyl sites for hydroxylation is 1. The second kappa shape index (κ2) is 7.45. The molecule has 1 atom stereocenters. The van der Waals surface area contributed by atoms with Gasteiger partial charge in [0.1, 0.15) is 5.82 Å². The third-order valence-electron chi connectivity index (χ3n) is 5.36. The Morgan fingerprint density at radius 3 is 2.87 bits per heavy atom. The number of hydrogen-bond acceptors (Lipinski definition) is 4. The number of amides is 1. The molecular weight excluding hydrogens is 290 g/mol. The van der Waals surface area contributed by atoms with Gasteiger partial charge in [-0.2, -0.15) is 0 Å². The molecule has 1 aliphatic carbocycles. The largest absolute Gasteiger partial charge is 0.342 e. The highest BCUT2D eigenvalue weighted by Crippen LogP contribution is 2.23. The number of likely N-dealkylation sites (N-methyl/N-ethyl adjacent to an activating group) is 1. The van der Waals surface area contributed by atoms with Gasteiger partial charge in [-0.15, -0.1) is 0 Å². The molecule has 2 aliphatic rings. The minimum absolute atomic E-state index is 0.174. The van der Waals surface area contributed by atoms with Gasteiger partial charge in [-0.3, -0.25) is 9.69 Å². The molecule has 1 saturated carbocycles. The molecule has 2 heterocycles. The molecule has 23 heavy (non-hydrogen) atoms. The first-order valence-electron chi connectivity index (χ1n) is 8.84.